The first-order chi connectivity index (χ1) is 21.8. The molecule has 10 heteroatoms. The SMILES string of the molecule is C=CC(=O)N1CCN(C2=C(C#N)C(OCC34CCCN3CCC4)=NC3N=C(c4cccc5cccc(Cl)c45)C(Cl)=CC23)[C@@H](C)C1. The summed E-state index contributed by atoms with van der Waals surface area (Å²) in [7, 11) is 0. The molecule has 2 aromatic rings. The van der Waals surface area contributed by atoms with Crippen LogP contribution in [0.2, 0.25) is 5.02 Å². The van der Waals surface area contributed by atoms with Gasteiger partial charge in [-0.3, -0.25) is 14.7 Å². The van der Waals surface area contributed by atoms with Crippen LogP contribution in [0.3, 0.4) is 0 Å². The quantitative estimate of drug-likeness (QED) is 0.378. The van der Waals surface area contributed by atoms with Gasteiger partial charge < -0.3 is 14.5 Å². The molecule has 0 saturated carbocycles. The number of piperazine rings is 1. The third kappa shape index (κ3) is 5.15. The highest BCUT2D eigenvalue weighted by molar-refractivity contribution is 6.48. The number of nitrogens with zero attached hydrogens (tertiary/aromatic N) is 6. The van der Waals surface area contributed by atoms with Crippen molar-refractivity contribution in [1.82, 2.24) is 14.7 Å². The molecule has 5 aliphatic rings. The topological polar surface area (TPSA) is 84.5 Å². The van der Waals surface area contributed by atoms with Crippen molar-refractivity contribution in [2.24, 2.45) is 15.9 Å². The number of hydrogen-bond donors (Lipinski definition) is 0. The summed E-state index contributed by atoms with van der Waals surface area (Å²) in [4.78, 5) is 29.2. The monoisotopic (exact) mass is 642 g/mol. The molecule has 0 aromatic heterocycles. The van der Waals surface area contributed by atoms with Crippen LogP contribution in [0.4, 0.5) is 0 Å². The van der Waals surface area contributed by atoms with Crippen molar-refractivity contribution >= 4 is 51.5 Å². The van der Waals surface area contributed by atoms with Crippen LogP contribution >= 0.6 is 23.2 Å². The summed E-state index contributed by atoms with van der Waals surface area (Å²) in [5.74, 6) is -0.127. The van der Waals surface area contributed by atoms with Gasteiger partial charge in [0, 0.05) is 47.3 Å². The number of ether oxygens (including phenoxy) is 1. The van der Waals surface area contributed by atoms with Crippen LogP contribution in [-0.2, 0) is 9.53 Å². The van der Waals surface area contributed by atoms with Crippen LogP contribution in [0.1, 0.15) is 38.2 Å². The summed E-state index contributed by atoms with van der Waals surface area (Å²) in [6, 6.07) is 14.2. The molecule has 45 heavy (non-hydrogen) atoms. The molecular formula is C35H36Cl2N6O2. The standard InChI is InChI=1S/C35H36Cl2N6O2/c1-3-29(44)41-16-17-43(22(2)20-41)32-25-18-28(37)31(24-10-4-8-23-9-5-11-27(36)30(23)24)39-33(25)40-34(26(32)19-38)45-21-35-12-6-14-42(35)15-7-13-35/h3-5,8-11,18,22,25,33H,1,6-7,12-17,20-21H2,2H3/t22-,25?,33?/m0/s1. The molecule has 2 aromatic carbocycles. The van der Waals surface area contributed by atoms with Gasteiger partial charge in [0.2, 0.25) is 11.8 Å². The molecule has 2 unspecified atom stereocenters. The Morgan fingerprint density at radius 2 is 1.89 bits per heavy atom. The highest BCUT2D eigenvalue weighted by atomic mass is 35.5. The summed E-state index contributed by atoms with van der Waals surface area (Å²) in [6.07, 6.45) is 7.23. The lowest BCUT2D eigenvalue weighted by atomic mass is 9.88. The molecule has 3 saturated heterocycles. The first kappa shape index (κ1) is 30.0. The summed E-state index contributed by atoms with van der Waals surface area (Å²) in [6.45, 7) is 9.97. The Morgan fingerprint density at radius 1 is 1.13 bits per heavy atom. The molecule has 8 nitrogen and oxygen atoms in total. The summed E-state index contributed by atoms with van der Waals surface area (Å²) < 4.78 is 6.59. The van der Waals surface area contributed by atoms with Crippen LogP contribution < -0.4 is 0 Å². The minimum atomic E-state index is -0.580. The van der Waals surface area contributed by atoms with E-state index >= 15 is 0 Å². The van der Waals surface area contributed by atoms with Crippen LogP contribution in [0, 0.1) is 17.2 Å². The van der Waals surface area contributed by atoms with Gasteiger partial charge in [-0.25, -0.2) is 4.99 Å². The lowest BCUT2D eigenvalue weighted by Crippen LogP contribution is -2.55. The van der Waals surface area contributed by atoms with E-state index in [0.717, 1.165) is 60.8 Å². The van der Waals surface area contributed by atoms with E-state index in [1.807, 2.05) is 42.5 Å². The fourth-order valence-corrected chi connectivity index (χ4v) is 8.51. The van der Waals surface area contributed by atoms with Crippen molar-refractivity contribution in [2.75, 3.05) is 39.3 Å². The smallest absolute Gasteiger partial charge is 0.246 e. The van der Waals surface area contributed by atoms with Gasteiger partial charge in [-0.1, -0.05) is 66.2 Å². The maximum atomic E-state index is 12.5. The lowest BCUT2D eigenvalue weighted by Gasteiger charge is -2.46. The molecule has 0 spiro atoms. The number of nitriles is 1. The number of allylic oxidation sites excluding steroid dienone is 1. The molecule has 3 fully saturated rings. The zero-order chi connectivity index (χ0) is 31.3. The van der Waals surface area contributed by atoms with Gasteiger partial charge in [-0.15, -0.1) is 0 Å². The molecule has 0 N–H and O–H groups in total. The number of dihydropyridines is 2. The summed E-state index contributed by atoms with van der Waals surface area (Å²) in [5, 5.41) is 13.6. The van der Waals surface area contributed by atoms with Gasteiger partial charge in [-0.2, -0.15) is 5.26 Å². The maximum absolute atomic E-state index is 12.5. The van der Waals surface area contributed by atoms with Crippen molar-refractivity contribution in [3.05, 3.63) is 82.0 Å². The number of fused-ring (bicyclic) bond motifs is 3. The minimum absolute atomic E-state index is 0.00598. The van der Waals surface area contributed by atoms with E-state index in [1.165, 1.54) is 6.08 Å². The first-order valence-corrected chi connectivity index (χ1v) is 16.5. The number of amides is 1. The number of hydrogen-bond acceptors (Lipinski definition) is 7. The van der Waals surface area contributed by atoms with E-state index in [4.69, 9.17) is 37.9 Å². The second-order valence-electron chi connectivity index (χ2n) is 12.6. The predicted molar refractivity (Wildman–Crippen MR) is 178 cm³/mol. The van der Waals surface area contributed by atoms with E-state index in [1.54, 1.807) is 4.90 Å². The van der Waals surface area contributed by atoms with Gasteiger partial charge >= 0.3 is 0 Å². The van der Waals surface area contributed by atoms with Gasteiger partial charge in [0.1, 0.15) is 18.2 Å². The second kappa shape index (κ2) is 11.9. The van der Waals surface area contributed by atoms with E-state index in [2.05, 4.69) is 29.4 Å². The van der Waals surface area contributed by atoms with E-state index in [9.17, 15) is 10.1 Å². The van der Waals surface area contributed by atoms with Crippen molar-refractivity contribution < 1.29 is 9.53 Å². The number of carbonyl (C=O) groups excluding carboxylic acids is 1. The third-order valence-corrected chi connectivity index (χ3v) is 10.7. The Kier molecular flexibility index (Phi) is 7.97. The van der Waals surface area contributed by atoms with E-state index in [0.29, 0.717) is 53.5 Å². The Balaban J connectivity index is 1.30. The fourth-order valence-electron chi connectivity index (χ4n) is 7.94. The molecule has 0 radical (unpaired) electrons. The maximum Gasteiger partial charge on any atom is 0.246 e. The molecule has 3 atom stereocenters. The zero-order valence-corrected chi connectivity index (χ0v) is 26.9. The third-order valence-electron chi connectivity index (χ3n) is 10.1. The average molecular weight is 644 g/mol. The molecule has 0 aliphatic carbocycles. The molecule has 5 heterocycles. The van der Waals surface area contributed by atoms with E-state index in [-0.39, 0.29) is 23.4 Å². The fraction of sp³-hybridized carbons (Fsp3) is 0.429. The number of halogens is 2. The normalized spacial score (nSPS) is 26.1. The van der Waals surface area contributed by atoms with Gasteiger partial charge in [0.25, 0.3) is 0 Å². The van der Waals surface area contributed by atoms with E-state index < -0.39 is 6.17 Å². The Morgan fingerprint density at radius 3 is 2.60 bits per heavy atom. The number of aliphatic imine (C=N–C) groups is 2. The lowest BCUT2D eigenvalue weighted by molar-refractivity contribution is -0.128. The number of benzene rings is 2. The second-order valence-corrected chi connectivity index (χ2v) is 13.4. The van der Waals surface area contributed by atoms with Crippen LogP contribution in [0.5, 0.6) is 0 Å². The number of carbonyl (C=O) groups is 1. The summed E-state index contributed by atoms with van der Waals surface area (Å²) in [5.41, 5.74) is 2.66. The van der Waals surface area contributed by atoms with Crippen molar-refractivity contribution in [1.29, 1.82) is 5.26 Å². The van der Waals surface area contributed by atoms with Crippen molar-refractivity contribution in [3.63, 3.8) is 0 Å². The van der Waals surface area contributed by atoms with Gasteiger partial charge in [-0.05, 0) is 63.2 Å². The van der Waals surface area contributed by atoms with Crippen molar-refractivity contribution in [2.45, 2.75) is 50.4 Å². The molecule has 7 rings (SSSR count). The van der Waals surface area contributed by atoms with Gasteiger partial charge in [0.05, 0.1) is 22.2 Å². The summed E-state index contributed by atoms with van der Waals surface area (Å²) >= 11 is 13.8. The average Bonchev–Trinajstić information content (AvgIpc) is 3.63. The first-order valence-electron chi connectivity index (χ1n) is 15.7. The van der Waals surface area contributed by atoms with Crippen LogP contribution in [-0.4, -0.2) is 89.3 Å². The number of rotatable bonds is 5. The minimum Gasteiger partial charge on any atom is -0.475 e. The molecular weight excluding hydrogens is 607 g/mol. The molecule has 5 aliphatic heterocycles. The molecule has 232 valence electrons. The zero-order valence-electron chi connectivity index (χ0n) is 25.4. The van der Waals surface area contributed by atoms with Crippen molar-refractivity contribution in [3.8, 4) is 6.07 Å². The Bertz CT molecular complexity index is 1720. The van der Waals surface area contributed by atoms with Gasteiger partial charge in [0.15, 0.2) is 6.17 Å². The molecule has 0 bridgehead atoms. The largest absolute Gasteiger partial charge is 0.475 e. The Labute approximate surface area is 273 Å². The Hall–Kier alpha value is -3.64. The van der Waals surface area contributed by atoms with Crippen LogP contribution in [0.25, 0.3) is 10.8 Å². The van der Waals surface area contributed by atoms with Crippen LogP contribution in [0.15, 0.2) is 81.4 Å². The predicted octanol–water partition coefficient (Wildman–Crippen LogP) is 5.91. The molecule has 1 amide bonds. The highest BCUT2D eigenvalue weighted by Crippen LogP contribution is 2.42. The highest BCUT2D eigenvalue weighted by Gasteiger charge is 2.47.